The summed E-state index contributed by atoms with van der Waals surface area (Å²) in [5.74, 6) is -0.363. The highest BCUT2D eigenvalue weighted by atomic mass is 19.1. The molecule has 0 saturated heterocycles. The number of phenolic OH excluding ortho intramolecular Hbond substituents is 1. The van der Waals surface area contributed by atoms with Crippen LogP contribution in [0.1, 0.15) is 52.0 Å². The van der Waals surface area contributed by atoms with E-state index >= 15 is 0 Å². The topological polar surface area (TPSA) is 95.0 Å². The summed E-state index contributed by atoms with van der Waals surface area (Å²) >= 11 is 0. The molecule has 1 fully saturated rings. The lowest BCUT2D eigenvalue weighted by Gasteiger charge is -2.31. The number of phenols is 1. The molecule has 0 unspecified atom stereocenters. The van der Waals surface area contributed by atoms with E-state index in [4.69, 9.17) is 4.74 Å². The van der Waals surface area contributed by atoms with Crippen LogP contribution in [0.3, 0.4) is 0 Å². The Balaban J connectivity index is 1.74. The number of aliphatic imine (C=N–C) groups is 1. The molecule has 0 aromatic heterocycles. The van der Waals surface area contributed by atoms with Crippen LogP contribution in [0.2, 0.25) is 0 Å². The highest BCUT2D eigenvalue weighted by molar-refractivity contribution is 5.80. The summed E-state index contributed by atoms with van der Waals surface area (Å²) in [6.07, 6.45) is 3.14. The maximum atomic E-state index is 13.4. The Morgan fingerprint density at radius 3 is 2.36 bits per heavy atom. The second-order valence-corrected chi connectivity index (χ2v) is 8.05. The van der Waals surface area contributed by atoms with E-state index in [2.05, 4.69) is 20.9 Å². The normalized spacial score (nSPS) is 20.4. The SMILES string of the molecule is CN=C(NCc1ccc(O)c(F)c1)NC1CCC(NC(=O)OC(C)(C)C)CC1. The number of alkyl carbamates (subject to hydrolysis) is 1. The molecule has 1 aromatic carbocycles. The van der Waals surface area contributed by atoms with Crippen molar-refractivity contribution in [1.82, 2.24) is 16.0 Å². The van der Waals surface area contributed by atoms with Gasteiger partial charge in [0, 0.05) is 25.7 Å². The first-order chi connectivity index (χ1) is 13.2. The van der Waals surface area contributed by atoms with E-state index in [1.165, 1.54) is 12.1 Å². The molecule has 28 heavy (non-hydrogen) atoms. The Labute approximate surface area is 165 Å². The number of guanidine groups is 1. The lowest BCUT2D eigenvalue weighted by atomic mass is 9.91. The fraction of sp³-hybridized carbons (Fsp3) is 0.600. The van der Waals surface area contributed by atoms with Crippen LogP contribution in [0.5, 0.6) is 5.75 Å². The van der Waals surface area contributed by atoms with Gasteiger partial charge in [0.05, 0.1) is 0 Å². The molecule has 1 aliphatic rings. The molecule has 0 atom stereocenters. The number of benzene rings is 1. The molecule has 8 heteroatoms. The molecular weight excluding hydrogens is 363 g/mol. The third-order valence-corrected chi connectivity index (χ3v) is 4.48. The van der Waals surface area contributed by atoms with Gasteiger partial charge in [-0.1, -0.05) is 6.07 Å². The minimum absolute atomic E-state index is 0.114. The first kappa shape index (κ1) is 21.8. The molecule has 0 radical (unpaired) electrons. The van der Waals surface area contributed by atoms with Crippen molar-refractivity contribution >= 4 is 12.1 Å². The molecule has 1 aromatic rings. The van der Waals surface area contributed by atoms with Crippen LogP contribution in [0.25, 0.3) is 0 Å². The number of amides is 1. The van der Waals surface area contributed by atoms with Gasteiger partial charge in [0.25, 0.3) is 0 Å². The lowest BCUT2D eigenvalue weighted by Crippen LogP contribution is -2.47. The summed E-state index contributed by atoms with van der Waals surface area (Å²) in [5.41, 5.74) is 0.213. The van der Waals surface area contributed by atoms with Crippen LogP contribution in [0, 0.1) is 5.82 Å². The summed E-state index contributed by atoms with van der Waals surface area (Å²) in [7, 11) is 1.68. The predicted molar refractivity (Wildman–Crippen MR) is 107 cm³/mol. The maximum absolute atomic E-state index is 13.4. The molecule has 0 spiro atoms. The average Bonchev–Trinajstić information content (AvgIpc) is 2.61. The van der Waals surface area contributed by atoms with Crippen LogP contribution >= 0.6 is 0 Å². The zero-order chi connectivity index (χ0) is 20.7. The molecule has 156 valence electrons. The fourth-order valence-corrected chi connectivity index (χ4v) is 3.09. The van der Waals surface area contributed by atoms with Gasteiger partial charge in [-0.3, -0.25) is 4.99 Å². The maximum Gasteiger partial charge on any atom is 0.407 e. The van der Waals surface area contributed by atoms with Gasteiger partial charge in [0.2, 0.25) is 0 Å². The highest BCUT2D eigenvalue weighted by Gasteiger charge is 2.25. The fourth-order valence-electron chi connectivity index (χ4n) is 3.09. The molecular formula is C20H31FN4O3. The van der Waals surface area contributed by atoms with Crippen LogP contribution in [-0.2, 0) is 11.3 Å². The number of nitrogens with one attached hydrogen (secondary N) is 3. The highest BCUT2D eigenvalue weighted by Crippen LogP contribution is 2.20. The number of ether oxygens (including phenoxy) is 1. The van der Waals surface area contributed by atoms with E-state index in [-0.39, 0.29) is 23.9 Å². The first-order valence-corrected chi connectivity index (χ1v) is 9.60. The van der Waals surface area contributed by atoms with Crippen molar-refractivity contribution in [1.29, 1.82) is 0 Å². The van der Waals surface area contributed by atoms with Crippen LogP contribution < -0.4 is 16.0 Å². The zero-order valence-corrected chi connectivity index (χ0v) is 17.0. The van der Waals surface area contributed by atoms with Crippen molar-refractivity contribution in [2.75, 3.05) is 7.05 Å². The molecule has 0 bridgehead atoms. The standard InChI is InChI=1S/C20H31FN4O3/c1-20(2,3)28-19(27)25-15-8-6-14(7-9-15)24-18(22-4)23-12-13-5-10-17(26)16(21)11-13/h5,10-11,14-15,26H,6-9,12H2,1-4H3,(H,25,27)(H2,22,23,24). The molecule has 2 rings (SSSR count). The number of carbonyl (C=O) groups excluding carboxylic acids is 1. The van der Waals surface area contributed by atoms with Crippen molar-refractivity contribution in [3.05, 3.63) is 29.6 Å². The van der Waals surface area contributed by atoms with Crippen molar-refractivity contribution in [2.24, 2.45) is 4.99 Å². The molecule has 1 saturated carbocycles. The third kappa shape index (κ3) is 7.25. The van der Waals surface area contributed by atoms with Gasteiger partial charge in [-0.05, 0) is 64.2 Å². The quantitative estimate of drug-likeness (QED) is 0.465. The van der Waals surface area contributed by atoms with Gasteiger partial charge in [0.15, 0.2) is 17.5 Å². The van der Waals surface area contributed by atoms with E-state index in [0.29, 0.717) is 18.1 Å². The van der Waals surface area contributed by atoms with Gasteiger partial charge < -0.3 is 25.8 Å². The Kier molecular flexibility index (Phi) is 7.48. The summed E-state index contributed by atoms with van der Waals surface area (Å²) in [5, 5.41) is 18.7. The predicted octanol–water partition coefficient (Wildman–Crippen LogP) is 3.03. The Morgan fingerprint density at radius 1 is 1.21 bits per heavy atom. The van der Waals surface area contributed by atoms with Crippen LogP contribution in [0.4, 0.5) is 9.18 Å². The number of aromatic hydroxyl groups is 1. The van der Waals surface area contributed by atoms with Crippen molar-refractivity contribution < 1.29 is 19.0 Å². The zero-order valence-electron chi connectivity index (χ0n) is 17.0. The van der Waals surface area contributed by atoms with Crippen molar-refractivity contribution in [3.63, 3.8) is 0 Å². The first-order valence-electron chi connectivity index (χ1n) is 9.60. The van der Waals surface area contributed by atoms with E-state index in [1.54, 1.807) is 13.1 Å². The van der Waals surface area contributed by atoms with Gasteiger partial charge in [0.1, 0.15) is 5.60 Å². The number of hydrogen-bond acceptors (Lipinski definition) is 4. The summed E-state index contributed by atoms with van der Waals surface area (Å²) < 4.78 is 18.7. The van der Waals surface area contributed by atoms with Crippen LogP contribution in [0.15, 0.2) is 23.2 Å². The molecule has 4 N–H and O–H groups in total. The van der Waals surface area contributed by atoms with Gasteiger partial charge in [-0.15, -0.1) is 0 Å². The largest absolute Gasteiger partial charge is 0.505 e. The number of hydrogen-bond donors (Lipinski definition) is 4. The monoisotopic (exact) mass is 394 g/mol. The molecule has 1 aliphatic carbocycles. The second kappa shape index (κ2) is 9.61. The summed E-state index contributed by atoms with van der Waals surface area (Å²) in [6.45, 7) is 5.93. The van der Waals surface area contributed by atoms with Crippen molar-refractivity contribution in [3.8, 4) is 5.75 Å². The van der Waals surface area contributed by atoms with Gasteiger partial charge in [-0.25, -0.2) is 9.18 Å². The minimum atomic E-state index is -0.641. The third-order valence-electron chi connectivity index (χ3n) is 4.48. The Hall–Kier alpha value is -2.51. The molecule has 1 amide bonds. The Bertz CT molecular complexity index is 695. The van der Waals surface area contributed by atoms with Gasteiger partial charge in [-0.2, -0.15) is 0 Å². The van der Waals surface area contributed by atoms with E-state index in [0.717, 1.165) is 25.7 Å². The number of rotatable bonds is 4. The second-order valence-electron chi connectivity index (χ2n) is 8.05. The molecule has 7 nitrogen and oxygen atoms in total. The van der Waals surface area contributed by atoms with E-state index < -0.39 is 11.4 Å². The summed E-state index contributed by atoms with van der Waals surface area (Å²) in [6, 6.07) is 4.65. The smallest absolute Gasteiger partial charge is 0.407 e. The number of nitrogens with zero attached hydrogens (tertiary/aromatic N) is 1. The Morgan fingerprint density at radius 2 is 1.82 bits per heavy atom. The van der Waals surface area contributed by atoms with Crippen molar-refractivity contribution in [2.45, 2.75) is 70.7 Å². The number of carbonyl (C=O) groups is 1. The lowest BCUT2D eigenvalue weighted by molar-refractivity contribution is 0.0490. The van der Waals surface area contributed by atoms with E-state index in [1.807, 2.05) is 20.8 Å². The minimum Gasteiger partial charge on any atom is -0.505 e. The van der Waals surface area contributed by atoms with Crippen LogP contribution in [-0.4, -0.2) is 41.9 Å². The number of halogens is 1. The van der Waals surface area contributed by atoms with E-state index in [9.17, 15) is 14.3 Å². The molecule has 0 heterocycles. The average molecular weight is 394 g/mol. The molecule has 0 aliphatic heterocycles. The summed E-state index contributed by atoms with van der Waals surface area (Å²) in [4.78, 5) is 16.1. The van der Waals surface area contributed by atoms with Gasteiger partial charge >= 0.3 is 6.09 Å².